The summed E-state index contributed by atoms with van der Waals surface area (Å²) in [6, 6.07) is 6.45. The third-order valence-corrected chi connectivity index (χ3v) is 4.35. The van der Waals surface area contributed by atoms with Gasteiger partial charge in [-0.05, 0) is 18.6 Å². The maximum Gasteiger partial charge on any atom is 0.251 e. The summed E-state index contributed by atoms with van der Waals surface area (Å²) in [7, 11) is 0. The summed E-state index contributed by atoms with van der Waals surface area (Å²) in [4.78, 5) is 30.5. The van der Waals surface area contributed by atoms with Gasteiger partial charge in [0.25, 0.3) is 5.56 Å². The molecule has 0 aliphatic rings. The molecular weight excluding hydrogens is 357 g/mol. The van der Waals surface area contributed by atoms with Crippen molar-refractivity contribution in [2.24, 2.45) is 0 Å². The van der Waals surface area contributed by atoms with Gasteiger partial charge in [-0.3, -0.25) is 9.59 Å². The Morgan fingerprint density at radius 3 is 2.70 bits per heavy atom. The molecule has 0 bridgehead atoms. The van der Waals surface area contributed by atoms with E-state index in [1.54, 1.807) is 18.2 Å². The molecule has 1 aromatic heterocycles. The van der Waals surface area contributed by atoms with Crippen molar-refractivity contribution in [1.29, 1.82) is 0 Å². The zero-order valence-corrected chi connectivity index (χ0v) is 14.7. The van der Waals surface area contributed by atoms with E-state index in [9.17, 15) is 9.59 Å². The molecule has 2 rings (SSSR count). The molecule has 0 unspecified atom stereocenters. The summed E-state index contributed by atoms with van der Waals surface area (Å²) >= 11 is 13.2. The first-order valence-corrected chi connectivity index (χ1v) is 8.70. The number of rotatable bonds is 6. The Morgan fingerprint density at radius 1 is 1.35 bits per heavy atom. The predicted octanol–water partition coefficient (Wildman–Crippen LogP) is 3.76. The van der Waals surface area contributed by atoms with Crippen molar-refractivity contribution in [3.05, 3.63) is 50.4 Å². The minimum absolute atomic E-state index is 0.0834. The van der Waals surface area contributed by atoms with Gasteiger partial charge in [0.2, 0.25) is 5.91 Å². The smallest absolute Gasteiger partial charge is 0.251 e. The van der Waals surface area contributed by atoms with E-state index < -0.39 is 0 Å². The number of thioether (sulfide) groups is 1. The lowest BCUT2D eigenvalue weighted by Crippen LogP contribution is -2.16. The number of hydrogen-bond donors (Lipinski definition) is 2. The number of aromatic amines is 1. The maximum atomic E-state index is 12.0. The molecule has 5 nitrogen and oxygen atoms in total. The fraction of sp³-hybridized carbons (Fsp3) is 0.267. The number of aryl methyl sites for hydroxylation is 1. The van der Waals surface area contributed by atoms with Crippen LogP contribution in [0.4, 0.5) is 5.69 Å². The van der Waals surface area contributed by atoms with Crippen LogP contribution in [0, 0.1) is 0 Å². The van der Waals surface area contributed by atoms with Crippen LogP contribution in [0.1, 0.15) is 19.0 Å². The topological polar surface area (TPSA) is 74.8 Å². The summed E-state index contributed by atoms with van der Waals surface area (Å²) in [6.07, 6.45) is 1.62. The first kappa shape index (κ1) is 17.8. The molecule has 2 N–H and O–H groups in total. The number of hydrogen-bond acceptors (Lipinski definition) is 4. The van der Waals surface area contributed by atoms with Crippen molar-refractivity contribution >= 4 is 46.6 Å². The van der Waals surface area contributed by atoms with Crippen LogP contribution in [0.2, 0.25) is 10.0 Å². The summed E-state index contributed by atoms with van der Waals surface area (Å²) in [5.74, 6) is -0.200. The average Bonchev–Trinajstić information content (AvgIpc) is 2.49. The third-order valence-electron chi connectivity index (χ3n) is 2.85. The van der Waals surface area contributed by atoms with Crippen LogP contribution in [0.5, 0.6) is 0 Å². The number of amides is 1. The largest absolute Gasteiger partial charge is 0.323 e. The van der Waals surface area contributed by atoms with Gasteiger partial charge in [0.15, 0.2) is 5.16 Å². The summed E-state index contributed by atoms with van der Waals surface area (Å²) in [5.41, 5.74) is 0.872. The van der Waals surface area contributed by atoms with E-state index in [4.69, 9.17) is 23.2 Å². The molecule has 122 valence electrons. The molecule has 0 aliphatic heterocycles. The number of carbonyl (C=O) groups excluding carboxylic acids is 1. The number of anilines is 1. The van der Waals surface area contributed by atoms with Gasteiger partial charge in [-0.1, -0.05) is 54.4 Å². The number of nitrogens with zero attached hydrogens (tertiary/aromatic N) is 1. The van der Waals surface area contributed by atoms with E-state index in [0.29, 0.717) is 26.6 Å². The summed E-state index contributed by atoms with van der Waals surface area (Å²) < 4.78 is 0. The molecule has 0 radical (unpaired) electrons. The number of H-pyrrole nitrogens is 1. The van der Waals surface area contributed by atoms with E-state index >= 15 is 0 Å². The molecular formula is C15H15Cl2N3O2S. The Morgan fingerprint density at radius 2 is 2.04 bits per heavy atom. The third kappa shape index (κ3) is 5.27. The molecule has 0 aliphatic carbocycles. The average molecular weight is 372 g/mol. The highest BCUT2D eigenvalue weighted by Crippen LogP contribution is 2.30. The van der Waals surface area contributed by atoms with Crippen LogP contribution < -0.4 is 10.9 Å². The monoisotopic (exact) mass is 371 g/mol. The van der Waals surface area contributed by atoms with Crippen molar-refractivity contribution in [2.45, 2.75) is 24.9 Å². The predicted molar refractivity (Wildman–Crippen MR) is 94.7 cm³/mol. The standard InChI is InChI=1S/C15H15Cl2N3O2S/c1-2-4-9-7-12(21)20-15(18-9)23-8-13(22)19-14-10(16)5-3-6-11(14)17/h3,5-7H,2,4,8H2,1H3,(H,19,22)(H,18,20,21). The highest BCUT2D eigenvalue weighted by molar-refractivity contribution is 7.99. The number of para-hydroxylation sites is 1. The van der Waals surface area contributed by atoms with Crippen molar-refractivity contribution < 1.29 is 4.79 Å². The Hall–Kier alpha value is -1.50. The zero-order chi connectivity index (χ0) is 16.8. The van der Waals surface area contributed by atoms with Crippen LogP contribution in [0.15, 0.2) is 34.2 Å². The molecule has 0 atom stereocenters. The quantitative estimate of drug-likeness (QED) is 0.598. The molecule has 1 heterocycles. The SMILES string of the molecule is CCCc1cc(=O)[nH]c(SCC(=O)Nc2c(Cl)cccc2Cl)n1. The van der Waals surface area contributed by atoms with Crippen LogP contribution in [0.3, 0.4) is 0 Å². The number of aromatic nitrogens is 2. The van der Waals surface area contributed by atoms with Crippen LogP contribution >= 0.6 is 35.0 Å². The Kier molecular flexibility index (Phi) is 6.50. The van der Waals surface area contributed by atoms with Crippen LogP contribution in [-0.2, 0) is 11.2 Å². The van der Waals surface area contributed by atoms with Crippen molar-refractivity contribution in [3.63, 3.8) is 0 Å². The van der Waals surface area contributed by atoms with Crippen molar-refractivity contribution in [1.82, 2.24) is 9.97 Å². The number of carbonyl (C=O) groups is 1. The molecule has 2 aromatic rings. The zero-order valence-electron chi connectivity index (χ0n) is 12.4. The number of benzene rings is 1. The highest BCUT2D eigenvalue weighted by atomic mass is 35.5. The van der Waals surface area contributed by atoms with Crippen molar-refractivity contribution in [3.8, 4) is 0 Å². The van der Waals surface area contributed by atoms with E-state index in [1.807, 2.05) is 6.92 Å². The molecule has 8 heteroatoms. The first-order valence-electron chi connectivity index (χ1n) is 6.96. The second-order valence-corrected chi connectivity index (χ2v) is 6.50. The lowest BCUT2D eigenvalue weighted by Gasteiger charge is -2.09. The van der Waals surface area contributed by atoms with E-state index in [2.05, 4.69) is 15.3 Å². The Labute approximate surface area is 147 Å². The minimum atomic E-state index is -0.284. The van der Waals surface area contributed by atoms with Gasteiger partial charge in [-0.15, -0.1) is 0 Å². The molecule has 1 aromatic carbocycles. The normalized spacial score (nSPS) is 10.6. The van der Waals surface area contributed by atoms with Gasteiger partial charge < -0.3 is 10.3 Å². The molecule has 0 spiro atoms. The Balaban J connectivity index is 2.01. The molecule has 0 saturated heterocycles. The molecule has 1 amide bonds. The fourth-order valence-corrected chi connectivity index (χ4v) is 3.05. The lowest BCUT2D eigenvalue weighted by molar-refractivity contribution is -0.113. The number of nitrogens with one attached hydrogen (secondary N) is 2. The molecule has 0 saturated carbocycles. The molecule has 0 fully saturated rings. The van der Waals surface area contributed by atoms with Crippen LogP contribution in [0.25, 0.3) is 0 Å². The van der Waals surface area contributed by atoms with E-state index in [-0.39, 0.29) is 17.2 Å². The summed E-state index contributed by atoms with van der Waals surface area (Å²) in [5, 5.41) is 3.81. The molecule has 23 heavy (non-hydrogen) atoms. The van der Waals surface area contributed by atoms with Gasteiger partial charge in [0.1, 0.15) is 0 Å². The van der Waals surface area contributed by atoms with Gasteiger partial charge in [0, 0.05) is 11.8 Å². The summed E-state index contributed by atoms with van der Waals surface area (Å²) in [6.45, 7) is 2.01. The van der Waals surface area contributed by atoms with Crippen molar-refractivity contribution in [2.75, 3.05) is 11.1 Å². The Bertz CT molecular complexity index is 744. The second-order valence-electron chi connectivity index (χ2n) is 4.73. The lowest BCUT2D eigenvalue weighted by atomic mass is 10.2. The minimum Gasteiger partial charge on any atom is -0.323 e. The first-order chi connectivity index (χ1) is 11.0. The second kappa shape index (κ2) is 8.38. The van der Waals surface area contributed by atoms with E-state index in [1.165, 1.54) is 6.07 Å². The maximum absolute atomic E-state index is 12.0. The number of halogens is 2. The van der Waals surface area contributed by atoms with Crippen LogP contribution in [-0.4, -0.2) is 21.6 Å². The van der Waals surface area contributed by atoms with Gasteiger partial charge in [-0.25, -0.2) is 4.98 Å². The van der Waals surface area contributed by atoms with E-state index in [0.717, 1.165) is 24.6 Å². The van der Waals surface area contributed by atoms with Gasteiger partial charge in [-0.2, -0.15) is 0 Å². The fourth-order valence-electron chi connectivity index (χ4n) is 1.86. The highest BCUT2D eigenvalue weighted by Gasteiger charge is 2.11. The van der Waals surface area contributed by atoms with Gasteiger partial charge >= 0.3 is 0 Å². The van der Waals surface area contributed by atoms with Gasteiger partial charge in [0.05, 0.1) is 21.5 Å².